The SMILES string of the molecule is CCCC(CO)(CO)COCC(C)(CO)CO. The van der Waals surface area contributed by atoms with E-state index in [1.807, 2.05) is 6.92 Å². The maximum atomic E-state index is 9.31. The van der Waals surface area contributed by atoms with E-state index in [4.69, 9.17) is 14.9 Å². The Hall–Kier alpha value is -0.200. The molecule has 0 aromatic rings. The van der Waals surface area contributed by atoms with Gasteiger partial charge in [-0.15, -0.1) is 0 Å². The number of aliphatic hydroxyl groups excluding tert-OH is 4. The zero-order valence-electron chi connectivity index (χ0n) is 10.9. The predicted molar refractivity (Wildman–Crippen MR) is 64.6 cm³/mol. The second-order valence-corrected chi connectivity index (χ2v) is 5.19. The Bertz CT molecular complexity index is 187. The van der Waals surface area contributed by atoms with Crippen molar-refractivity contribution in [1.82, 2.24) is 0 Å². The highest BCUT2D eigenvalue weighted by atomic mass is 16.5. The monoisotopic (exact) mass is 250 g/mol. The van der Waals surface area contributed by atoms with Gasteiger partial charge in [0.15, 0.2) is 0 Å². The van der Waals surface area contributed by atoms with Crippen molar-refractivity contribution in [3.05, 3.63) is 0 Å². The summed E-state index contributed by atoms with van der Waals surface area (Å²) in [7, 11) is 0. The fraction of sp³-hybridized carbons (Fsp3) is 1.00. The van der Waals surface area contributed by atoms with E-state index in [0.29, 0.717) is 6.42 Å². The molecular formula is C12H26O5. The number of aliphatic hydroxyl groups is 4. The van der Waals surface area contributed by atoms with Gasteiger partial charge in [0.1, 0.15) is 0 Å². The Kier molecular flexibility index (Phi) is 7.91. The minimum absolute atomic E-state index is 0.133. The van der Waals surface area contributed by atoms with Crippen molar-refractivity contribution in [3.63, 3.8) is 0 Å². The molecular weight excluding hydrogens is 224 g/mol. The molecule has 0 saturated heterocycles. The van der Waals surface area contributed by atoms with Crippen molar-refractivity contribution in [2.75, 3.05) is 39.6 Å². The molecule has 0 atom stereocenters. The first-order valence-electron chi connectivity index (χ1n) is 6.02. The lowest BCUT2D eigenvalue weighted by Gasteiger charge is -2.31. The first kappa shape index (κ1) is 16.8. The van der Waals surface area contributed by atoms with Gasteiger partial charge in [0.05, 0.1) is 39.6 Å². The third-order valence-corrected chi connectivity index (χ3v) is 3.07. The quantitative estimate of drug-likeness (QED) is 0.430. The summed E-state index contributed by atoms with van der Waals surface area (Å²) in [6, 6.07) is 0. The van der Waals surface area contributed by atoms with E-state index in [0.717, 1.165) is 6.42 Å². The normalized spacial score (nSPS) is 13.1. The Labute approximate surface area is 103 Å². The molecule has 0 amide bonds. The van der Waals surface area contributed by atoms with Gasteiger partial charge in [0.25, 0.3) is 0 Å². The van der Waals surface area contributed by atoms with Crippen LogP contribution in [0.25, 0.3) is 0 Å². The summed E-state index contributed by atoms with van der Waals surface area (Å²) in [6.07, 6.45) is 1.52. The molecule has 0 bridgehead atoms. The third kappa shape index (κ3) is 5.31. The lowest BCUT2D eigenvalue weighted by Crippen LogP contribution is -2.38. The van der Waals surface area contributed by atoms with E-state index < -0.39 is 10.8 Å². The molecule has 104 valence electrons. The van der Waals surface area contributed by atoms with Gasteiger partial charge in [-0.1, -0.05) is 20.3 Å². The zero-order chi connectivity index (χ0) is 13.4. The van der Waals surface area contributed by atoms with Crippen LogP contribution in [0.4, 0.5) is 0 Å². The molecule has 0 radical (unpaired) electrons. The van der Waals surface area contributed by atoms with Crippen molar-refractivity contribution in [2.45, 2.75) is 26.7 Å². The van der Waals surface area contributed by atoms with Crippen molar-refractivity contribution in [3.8, 4) is 0 Å². The maximum Gasteiger partial charge on any atom is 0.0566 e. The molecule has 0 spiro atoms. The van der Waals surface area contributed by atoms with Crippen LogP contribution in [0.5, 0.6) is 0 Å². The smallest absolute Gasteiger partial charge is 0.0566 e. The van der Waals surface area contributed by atoms with Crippen LogP contribution in [0.1, 0.15) is 26.7 Å². The number of rotatable bonds is 10. The lowest BCUT2D eigenvalue weighted by molar-refractivity contribution is -0.0731. The van der Waals surface area contributed by atoms with Gasteiger partial charge >= 0.3 is 0 Å². The van der Waals surface area contributed by atoms with Crippen LogP contribution in [0.2, 0.25) is 0 Å². The summed E-state index contributed by atoms with van der Waals surface area (Å²) in [6.45, 7) is 3.52. The summed E-state index contributed by atoms with van der Waals surface area (Å²) >= 11 is 0. The van der Waals surface area contributed by atoms with E-state index >= 15 is 0 Å². The van der Waals surface area contributed by atoms with E-state index in [1.165, 1.54) is 0 Å². The van der Waals surface area contributed by atoms with E-state index in [9.17, 15) is 10.2 Å². The van der Waals surface area contributed by atoms with E-state index in [1.54, 1.807) is 6.92 Å². The average molecular weight is 250 g/mol. The van der Waals surface area contributed by atoms with Gasteiger partial charge in [-0.25, -0.2) is 0 Å². The number of hydrogen-bond acceptors (Lipinski definition) is 5. The van der Waals surface area contributed by atoms with Crippen molar-refractivity contribution >= 4 is 0 Å². The summed E-state index contributed by atoms with van der Waals surface area (Å²) < 4.78 is 5.44. The largest absolute Gasteiger partial charge is 0.396 e. The Morgan fingerprint density at radius 3 is 1.76 bits per heavy atom. The van der Waals surface area contributed by atoms with Crippen LogP contribution in [0.15, 0.2) is 0 Å². The molecule has 0 fully saturated rings. The lowest BCUT2D eigenvalue weighted by atomic mass is 9.86. The molecule has 5 nitrogen and oxygen atoms in total. The molecule has 0 aromatic carbocycles. The second kappa shape index (κ2) is 8.00. The fourth-order valence-electron chi connectivity index (χ4n) is 1.56. The van der Waals surface area contributed by atoms with Crippen LogP contribution in [0, 0.1) is 10.8 Å². The third-order valence-electron chi connectivity index (χ3n) is 3.07. The van der Waals surface area contributed by atoms with Gasteiger partial charge in [0.2, 0.25) is 0 Å². The minimum atomic E-state index is -0.678. The van der Waals surface area contributed by atoms with Crippen molar-refractivity contribution in [1.29, 1.82) is 0 Å². The minimum Gasteiger partial charge on any atom is -0.396 e. The highest BCUT2D eigenvalue weighted by Gasteiger charge is 2.30. The highest BCUT2D eigenvalue weighted by molar-refractivity contribution is 4.78. The van der Waals surface area contributed by atoms with Gasteiger partial charge in [-0.3, -0.25) is 0 Å². The molecule has 0 aliphatic heterocycles. The topological polar surface area (TPSA) is 90.2 Å². The van der Waals surface area contributed by atoms with Crippen LogP contribution in [-0.4, -0.2) is 60.1 Å². The molecule has 0 saturated carbocycles. The Morgan fingerprint density at radius 1 is 0.882 bits per heavy atom. The molecule has 0 rings (SSSR count). The fourth-order valence-corrected chi connectivity index (χ4v) is 1.56. The molecule has 5 heteroatoms. The second-order valence-electron chi connectivity index (χ2n) is 5.19. The first-order valence-corrected chi connectivity index (χ1v) is 6.02. The van der Waals surface area contributed by atoms with Crippen molar-refractivity contribution in [2.24, 2.45) is 10.8 Å². The zero-order valence-corrected chi connectivity index (χ0v) is 10.9. The molecule has 0 aliphatic rings. The van der Waals surface area contributed by atoms with E-state index in [2.05, 4.69) is 0 Å². The van der Waals surface area contributed by atoms with Crippen LogP contribution >= 0.6 is 0 Å². The van der Waals surface area contributed by atoms with Gasteiger partial charge in [0, 0.05) is 10.8 Å². The van der Waals surface area contributed by atoms with Gasteiger partial charge in [-0.2, -0.15) is 0 Å². The van der Waals surface area contributed by atoms with Crippen LogP contribution < -0.4 is 0 Å². The highest BCUT2D eigenvalue weighted by Crippen LogP contribution is 2.24. The molecule has 0 aliphatic carbocycles. The predicted octanol–water partition coefficient (Wildman–Crippen LogP) is -0.235. The molecule has 0 unspecified atom stereocenters. The Morgan fingerprint density at radius 2 is 1.41 bits per heavy atom. The van der Waals surface area contributed by atoms with Crippen molar-refractivity contribution < 1.29 is 25.2 Å². The Balaban J connectivity index is 4.22. The molecule has 17 heavy (non-hydrogen) atoms. The number of ether oxygens (including phenoxy) is 1. The average Bonchev–Trinajstić information content (AvgIpc) is 2.37. The standard InChI is InChI=1S/C12H26O5/c1-3-4-12(7-15,8-16)10-17-9-11(2,5-13)6-14/h13-16H,3-10H2,1-2H3. The summed E-state index contributed by atoms with van der Waals surface area (Å²) in [5, 5.41) is 36.8. The van der Waals surface area contributed by atoms with E-state index in [-0.39, 0.29) is 39.6 Å². The number of hydrogen-bond donors (Lipinski definition) is 4. The first-order chi connectivity index (χ1) is 8.01. The molecule has 4 N–H and O–H groups in total. The summed E-state index contributed by atoms with van der Waals surface area (Å²) in [4.78, 5) is 0. The van der Waals surface area contributed by atoms with Crippen LogP contribution in [-0.2, 0) is 4.74 Å². The summed E-state index contributed by atoms with van der Waals surface area (Å²) in [5.41, 5.74) is -1.30. The van der Waals surface area contributed by atoms with Crippen LogP contribution in [0.3, 0.4) is 0 Å². The van der Waals surface area contributed by atoms with Gasteiger partial charge < -0.3 is 25.2 Å². The molecule has 0 aromatic heterocycles. The molecule has 0 heterocycles. The van der Waals surface area contributed by atoms with Gasteiger partial charge in [-0.05, 0) is 6.42 Å². The summed E-state index contributed by atoms with van der Waals surface area (Å²) in [5.74, 6) is 0. The maximum absolute atomic E-state index is 9.31.